The molecule has 1 N–H and O–H groups in total. The maximum absolute atomic E-state index is 12.2. The molecule has 0 unspecified atom stereocenters. The van der Waals surface area contributed by atoms with Crippen LogP contribution in [0.5, 0.6) is 0 Å². The van der Waals surface area contributed by atoms with Gasteiger partial charge in [0.05, 0.1) is 6.42 Å². The summed E-state index contributed by atoms with van der Waals surface area (Å²) >= 11 is 0. The Morgan fingerprint density at radius 1 is 1.70 bits per heavy atom. The number of carbonyl (C=O) groups is 1. The third kappa shape index (κ3) is 1.41. The zero-order chi connectivity index (χ0) is 7.78. The first-order valence-electron chi connectivity index (χ1n) is 2.73. The largest absolute Gasteiger partial charge is 0.479 e. The Morgan fingerprint density at radius 2 is 2.30 bits per heavy atom. The number of hydrogen-bond donors (Lipinski definition) is 1. The molecule has 1 heterocycles. The van der Waals surface area contributed by atoms with Crippen molar-refractivity contribution in [2.45, 2.75) is 18.4 Å². The minimum atomic E-state index is -2.96. The van der Waals surface area contributed by atoms with Crippen LogP contribution in [0.25, 0.3) is 0 Å². The third-order valence-electron chi connectivity index (χ3n) is 1.26. The lowest BCUT2D eigenvalue weighted by atomic mass is 10.2. The molecular weight excluding hydrogens is 146 g/mol. The molecule has 5 heteroatoms. The Kier molecular flexibility index (Phi) is 1.60. The Balaban J connectivity index is 2.51. The first-order chi connectivity index (χ1) is 4.51. The molecule has 1 rings (SSSR count). The summed E-state index contributed by atoms with van der Waals surface area (Å²) in [5.74, 6) is -4.28. The lowest BCUT2D eigenvalue weighted by Gasteiger charge is -2.02. The van der Waals surface area contributed by atoms with Crippen molar-refractivity contribution in [1.29, 1.82) is 0 Å². The second-order valence-electron chi connectivity index (χ2n) is 2.20. The van der Waals surface area contributed by atoms with E-state index in [-0.39, 0.29) is 0 Å². The average molecular weight is 152 g/mol. The highest BCUT2D eigenvalue weighted by molar-refractivity contribution is 5.72. The van der Waals surface area contributed by atoms with E-state index in [2.05, 4.69) is 4.74 Å². The molecule has 1 fully saturated rings. The zero-order valence-corrected chi connectivity index (χ0v) is 5.01. The van der Waals surface area contributed by atoms with Crippen LogP contribution in [0.3, 0.4) is 0 Å². The predicted molar refractivity (Wildman–Crippen MR) is 26.9 cm³/mol. The van der Waals surface area contributed by atoms with Crippen LogP contribution in [0.4, 0.5) is 8.78 Å². The van der Waals surface area contributed by atoms with E-state index in [1.807, 2.05) is 0 Å². The molecule has 1 atom stereocenters. The number of ether oxygens (including phenoxy) is 1. The molecule has 0 spiro atoms. The van der Waals surface area contributed by atoms with Crippen LogP contribution in [-0.2, 0) is 9.53 Å². The first kappa shape index (κ1) is 7.40. The molecule has 0 aromatic carbocycles. The van der Waals surface area contributed by atoms with Crippen molar-refractivity contribution in [3.8, 4) is 0 Å². The quantitative estimate of drug-likeness (QED) is 0.594. The van der Waals surface area contributed by atoms with E-state index in [1.165, 1.54) is 0 Å². The van der Waals surface area contributed by atoms with Crippen molar-refractivity contribution in [2.24, 2.45) is 0 Å². The standard InChI is InChI=1S/C5H6F2O3/c6-5(7)1-3(4(8)9)10-2-5/h3H,1-2H2,(H,8,9)/t3-/m1/s1. The van der Waals surface area contributed by atoms with E-state index in [9.17, 15) is 13.6 Å². The minimum absolute atomic E-state index is 0.706. The number of hydrogen-bond acceptors (Lipinski definition) is 2. The molecule has 0 saturated carbocycles. The molecule has 0 aliphatic carbocycles. The summed E-state index contributed by atoms with van der Waals surface area (Å²) in [6.07, 6.45) is -2.03. The average Bonchev–Trinajstić information content (AvgIpc) is 2.10. The summed E-state index contributed by atoms with van der Waals surface area (Å²) in [5.41, 5.74) is 0. The van der Waals surface area contributed by atoms with Gasteiger partial charge in [-0.05, 0) is 0 Å². The van der Waals surface area contributed by atoms with Gasteiger partial charge in [-0.2, -0.15) is 0 Å². The maximum Gasteiger partial charge on any atom is 0.333 e. The summed E-state index contributed by atoms with van der Waals surface area (Å²) in [6.45, 7) is -0.774. The van der Waals surface area contributed by atoms with Crippen molar-refractivity contribution in [3.05, 3.63) is 0 Å². The molecule has 1 aliphatic heterocycles. The molecule has 58 valence electrons. The molecule has 0 amide bonds. The highest BCUT2D eigenvalue weighted by atomic mass is 19.3. The Hall–Kier alpha value is -0.710. The van der Waals surface area contributed by atoms with Crippen LogP contribution < -0.4 is 0 Å². The van der Waals surface area contributed by atoms with Crippen molar-refractivity contribution < 1.29 is 23.4 Å². The van der Waals surface area contributed by atoms with Gasteiger partial charge in [0.15, 0.2) is 6.10 Å². The van der Waals surface area contributed by atoms with Gasteiger partial charge in [0, 0.05) is 0 Å². The van der Waals surface area contributed by atoms with Gasteiger partial charge in [-0.3, -0.25) is 0 Å². The fourth-order valence-corrected chi connectivity index (χ4v) is 0.770. The van der Waals surface area contributed by atoms with Gasteiger partial charge in [0.1, 0.15) is 6.61 Å². The lowest BCUT2D eigenvalue weighted by Crippen LogP contribution is -2.20. The highest BCUT2D eigenvalue weighted by Gasteiger charge is 2.43. The number of carboxylic acids is 1. The normalized spacial score (nSPS) is 30.4. The van der Waals surface area contributed by atoms with Crippen molar-refractivity contribution >= 4 is 5.97 Å². The fourth-order valence-electron chi connectivity index (χ4n) is 0.770. The van der Waals surface area contributed by atoms with E-state index in [1.54, 1.807) is 0 Å². The number of alkyl halides is 2. The van der Waals surface area contributed by atoms with Crippen molar-refractivity contribution in [1.82, 2.24) is 0 Å². The number of halogens is 2. The Bertz CT molecular complexity index is 157. The van der Waals surface area contributed by atoms with E-state index in [4.69, 9.17) is 5.11 Å². The highest BCUT2D eigenvalue weighted by Crippen LogP contribution is 2.29. The SMILES string of the molecule is O=C(O)[C@H]1CC(F)(F)CO1. The van der Waals surface area contributed by atoms with E-state index < -0.39 is 31.0 Å². The second-order valence-corrected chi connectivity index (χ2v) is 2.20. The van der Waals surface area contributed by atoms with Crippen molar-refractivity contribution in [3.63, 3.8) is 0 Å². The summed E-state index contributed by atoms with van der Waals surface area (Å²) in [6, 6.07) is 0. The molecule has 0 radical (unpaired) electrons. The summed E-state index contributed by atoms with van der Waals surface area (Å²) < 4.78 is 28.6. The number of aliphatic carboxylic acids is 1. The van der Waals surface area contributed by atoms with Crippen LogP contribution in [0.1, 0.15) is 6.42 Å². The summed E-state index contributed by atoms with van der Waals surface area (Å²) in [5, 5.41) is 8.19. The minimum Gasteiger partial charge on any atom is -0.479 e. The van der Waals surface area contributed by atoms with Crippen molar-refractivity contribution in [2.75, 3.05) is 6.61 Å². The van der Waals surface area contributed by atoms with Crippen LogP contribution in [0.2, 0.25) is 0 Å². The Morgan fingerprint density at radius 3 is 2.50 bits per heavy atom. The van der Waals surface area contributed by atoms with Crippen LogP contribution in [0.15, 0.2) is 0 Å². The van der Waals surface area contributed by atoms with Gasteiger partial charge in [0.2, 0.25) is 0 Å². The molecular formula is C5H6F2O3. The van der Waals surface area contributed by atoms with E-state index in [0.717, 1.165) is 0 Å². The van der Waals surface area contributed by atoms with E-state index >= 15 is 0 Å². The topological polar surface area (TPSA) is 46.5 Å². The smallest absolute Gasteiger partial charge is 0.333 e. The van der Waals surface area contributed by atoms with Gasteiger partial charge in [0.25, 0.3) is 5.92 Å². The second kappa shape index (κ2) is 2.16. The third-order valence-corrected chi connectivity index (χ3v) is 1.26. The van der Waals surface area contributed by atoms with E-state index in [0.29, 0.717) is 0 Å². The summed E-state index contributed by atoms with van der Waals surface area (Å²) in [4.78, 5) is 10.0. The number of rotatable bonds is 1. The van der Waals surface area contributed by atoms with Gasteiger partial charge in [-0.15, -0.1) is 0 Å². The zero-order valence-electron chi connectivity index (χ0n) is 5.01. The Labute approximate surface area is 55.6 Å². The first-order valence-corrected chi connectivity index (χ1v) is 2.73. The molecule has 0 aromatic rings. The number of carboxylic acid groups (broad SMARTS) is 1. The molecule has 0 aromatic heterocycles. The lowest BCUT2D eigenvalue weighted by molar-refractivity contribution is -0.147. The maximum atomic E-state index is 12.2. The molecule has 3 nitrogen and oxygen atoms in total. The van der Waals surface area contributed by atoms with Gasteiger partial charge in [-0.1, -0.05) is 0 Å². The monoisotopic (exact) mass is 152 g/mol. The molecule has 1 saturated heterocycles. The van der Waals surface area contributed by atoms with Crippen LogP contribution in [-0.4, -0.2) is 29.7 Å². The molecule has 0 bridgehead atoms. The van der Waals surface area contributed by atoms with Crippen LogP contribution >= 0.6 is 0 Å². The van der Waals surface area contributed by atoms with Gasteiger partial charge in [-0.25, -0.2) is 13.6 Å². The molecule has 10 heavy (non-hydrogen) atoms. The van der Waals surface area contributed by atoms with Crippen LogP contribution in [0, 0.1) is 0 Å². The molecule has 1 aliphatic rings. The summed E-state index contributed by atoms with van der Waals surface area (Å²) in [7, 11) is 0. The fraction of sp³-hybridized carbons (Fsp3) is 0.800. The van der Waals surface area contributed by atoms with Gasteiger partial charge < -0.3 is 9.84 Å². The predicted octanol–water partition coefficient (Wildman–Crippen LogP) is 0.495. The van der Waals surface area contributed by atoms with Gasteiger partial charge >= 0.3 is 5.97 Å².